The first kappa shape index (κ1) is 18.9. The first-order chi connectivity index (χ1) is 12.8. The van der Waals surface area contributed by atoms with Crippen molar-refractivity contribution in [2.75, 3.05) is 14.2 Å². The summed E-state index contributed by atoms with van der Waals surface area (Å²) in [5, 5.41) is 11.2. The van der Waals surface area contributed by atoms with Gasteiger partial charge in [-0.05, 0) is 26.0 Å². The number of fused-ring (bicyclic) bond motifs is 2. The van der Waals surface area contributed by atoms with Crippen molar-refractivity contribution in [2.45, 2.75) is 25.9 Å². The van der Waals surface area contributed by atoms with Crippen LogP contribution >= 0.6 is 0 Å². The molecule has 0 saturated heterocycles. The molecule has 0 amide bonds. The van der Waals surface area contributed by atoms with E-state index in [2.05, 4.69) is 0 Å². The maximum Gasteiger partial charge on any atom is 0.239 e. The molecule has 1 atom stereocenters. The summed E-state index contributed by atoms with van der Waals surface area (Å²) in [5.74, 6) is -1.23. The lowest BCUT2D eigenvalue weighted by Crippen LogP contribution is -2.46. The normalized spacial score (nSPS) is 19.2. The second kappa shape index (κ2) is 6.70. The molecule has 0 aliphatic heterocycles. The molecule has 1 aromatic carbocycles. The lowest BCUT2D eigenvalue weighted by molar-refractivity contribution is -0.142. The number of ether oxygens (including phenoxy) is 2. The van der Waals surface area contributed by atoms with Gasteiger partial charge in [0, 0.05) is 26.0 Å². The molecule has 1 unspecified atom stereocenters. The van der Waals surface area contributed by atoms with E-state index < -0.39 is 17.1 Å². The van der Waals surface area contributed by atoms with Crippen molar-refractivity contribution in [1.29, 1.82) is 0 Å². The van der Waals surface area contributed by atoms with Gasteiger partial charge in [-0.1, -0.05) is 23.8 Å². The number of aryl methyl sites for hydroxylation is 1. The van der Waals surface area contributed by atoms with Crippen LogP contribution in [0.5, 0.6) is 0 Å². The van der Waals surface area contributed by atoms with E-state index in [1.807, 2.05) is 26.0 Å². The van der Waals surface area contributed by atoms with Crippen molar-refractivity contribution in [3.63, 3.8) is 0 Å². The standard InChI is InChI=1S/C21H23NO5/c1-12(2)10-11-21(27-5)19-15(17(24)18(26-4)20(21)25)16(23)13-8-6-7-9-14(13)22(19)3/h6-10,24H,11H2,1-5H3. The Labute approximate surface area is 157 Å². The molecule has 142 valence electrons. The number of methoxy groups -OCH3 is 2. The maximum atomic E-state index is 13.3. The summed E-state index contributed by atoms with van der Waals surface area (Å²) in [7, 11) is 4.48. The number of aromatic nitrogens is 1. The fourth-order valence-corrected chi connectivity index (χ4v) is 3.69. The number of carbonyl (C=O) groups is 1. The van der Waals surface area contributed by atoms with Gasteiger partial charge in [-0.25, -0.2) is 0 Å². The van der Waals surface area contributed by atoms with Crippen molar-refractivity contribution in [3.8, 4) is 0 Å². The van der Waals surface area contributed by atoms with E-state index in [1.54, 1.807) is 29.8 Å². The van der Waals surface area contributed by atoms with Crippen molar-refractivity contribution in [3.05, 3.63) is 63.2 Å². The van der Waals surface area contributed by atoms with Gasteiger partial charge in [0.1, 0.15) is 0 Å². The SMILES string of the molecule is COC1=C(O)c2c(n(C)c3ccccc3c2=O)C(CC=C(C)C)(OC)C1=O. The number of aliphatic hydroxyl groups excluding tert-OH is 1. The lowest BCUT2D eigenvalue weighted by atomic mass is 9.79. The number of pyridine rings is 1. The average Bonchev–Trinajstić information content (AvgIpc) is 2.66. The molecule has 1 heterocycles. The van der Waals surface area contributed by atoms with E-state index in [4.69, 9.17) is 9.47 Å². The zero-order chi connectivity index (χ0) is 19.9. The topological polar surface area (TPSA) is 77.8 Å². The predicted molar refractivity (Wildman–Crippen MR) is 103 cm³/mol. The summed E-state index contributed by atoms with van der Waals surface area (Å²) in [5.41, 5.74) is 0.191. The number of ketones is 1. The highest BCUT2D eigenvalue weighted by Gasteiger charge is 2.51. The molecule has 1 aromatic heterocycles. The highest BCUT2D eigenvalue weighted by Crippen LogP contribution is 2.42. The molecule has 0 fully saturated rings. The maximum absolute atomic E-state index is 13.3. The predicted octanol–water partition coefficient (Wildman–Crippen LogP) is 3.19. The van der Waals surface area contributed by atoms with Crippen LogP contribution in [0.15, 0.2) is 46.5 Å². The van der Waals surface area contributed by atoms with Crippen LogP contribution in [0.2, 0.25) is 0 Å². The summed E-state index contributed by atoms with van der Waals surface area (Å²) in [6.45, 7) is 3.84. The Kier molecular flexibility index (Phi) is 4.70. The molecular formula is C21H23NO5. The Bertz CT molecular complexity index is 1060. The van der Waals surface area contributed by atoms with Crippen molar-refractivity contribution < 1.29 is 19.4 Å². The molecule has 6 nitrogen and oxygen atoms in total. The van der Waals surface area contributed by atoms with Gasteiger partial charge in [-0.3, -0.25) is 9.59 Å². The summed E-state index contributed by atoms with van der Waals surface area (Å²) in [6.07, 6.45) is 2.09. The summed E-state index contributed by atoms with van der Waals surface area (Å²) < 4.78 is 12.7. The number of carbonyl (C=O) groups excluding carboxylic acids is 1. The van der Waals surface area contributed by atoms with Gasteiger partial charge < -0.3 is 19.1 Å². The molecular weight excluding hydrogens is 346 g/mol. The van der Waals surface area contributed by atoms with Crippen LogP contribution in [-0.2, 0) is 26.9 Å². The summed E-state index contributed by atoms with van der Waals surface area (Å²) in [4.78, 5) is 26.5. The Hall–Kier alpha value is -2.86. The second-order valence-corrected chi connectivity index (χ2v) is 6.86. The quantitative estimate of drug-likeness (QED) is 0.838. The van der Waals surface area contributed by atoms with Gasteiger partial charge in [-0.15, -0.1) is 0 Å². The van der Waals surface area contributed by atoms with E-state index >= 15 is 0 Å². The zero-order valence-corrected chi connectivity index (χ0v) is 16.1. The Morgan fingerprint density at radius 2 is 1.89 bits per heavy atom. The molecule has 2 aromatic rings. The lowest BCUT2D eigenvalue weighted by Gasteiger charge is -2.37. The monoisotopic (exact) mass is 369 g/mol. The minimum absolute atomic E-state index is 0.0386. The number of para-hydroxylation sites is 1. The third-order valence-corrected chi connectivity index (χ3v) is 5.07. The molecule has 1 N–H and O–H groups in total. The summed E-state index contributed by atoms with van der Waals surface area (Å²) >= 11 is 0. The van der Waals surface area contributed by atoms with Gasteiger partial charge in [0.25, 0.3) is 0 Å². The number of aliphatic hydroxyl groups is 1. The van der Waals surface area contributed by atoms with Crippen LogP contribution in [0, 0.1) is 0 Å². The van der Waals surface area contributed by atoms with Crippen LogP contribution in [0.1, 0.15) is 31.5 Å². The van der Waals surface area contributed by atoms with Crippen LogP contribution in [-0.4, -0.2) is 29.7 Å². The van der Waals surface area contributed by atoms with E-state index in [-0.39, 0.29) is 23.2 Å². The molecule has 1 aliphatic carbocycles. The number of hydrogen-bond acceptors (Lipinski definition) is 5. The third kappa shape index (κ3) is 2.59. The number of rotatable bonds is 4. The van der Waals surface area contributed by atoms with E-state index in [0.717, 1.165) is 5.57 Å². The van der Waals surface area contributed by atoms with E-state index in [9.17, 15) is 14.7 Å². The largest absolute Gasteiger partial charge is 0.504 e. The van der Waals surface area contributed by atoms with Gasteiger partial charge in [-0.2, -0.15) is 0 Å². The fourth-order valence-electron chi connectivity index (χ4n) is 3.69. The zero-order valence-electron chi connectivity index (χ0n) is 16.1. The Morgan fingerprint density at radius 1 is 1.22 bits per heavy atom. The van der Waals surface area contributed by atoms with Gasteiger partial charge in [0.05, 0.1) is 23.9 Å². The summed E-state index contributed by atoms with van der Waals surface area (Å²) in [6, 6.07) is 7.07. The van der Waals surface area contributed by atoms with Gasteiger partial charge in [0.15, 0.2) is 11.4 Å². The van der Waals surface area contributed by atoms with Crippen molar-refractivity contribution >= 4 is 22.4 Å². The molecule has 3 rings (SSSR count). The smallest absolute Gasteiger partial charge is 0.239 e. The first-order valence-corrected chi connectivity index (χ1v) is 8.63. The number of nitrogens with zero attached hydrogens (tertiary/aromatic N) is 1. The average molecular weight is 369 g/mol. The highest BCUT2D eigenvalue weighted by molar-refractivity contribution is 6.09. The van der Waals surface area contributed by atoms with E-state index in [1.165, 1.54) is 14.2 Å². The highest BCUT2D eigenvalue weighted by atomic mass is 16.5. The molecule has 0 bridgehead atoms. The Balaban J connectivity index is 2.54. The third-order valence-electron chi connectivity index (χ3n) is 5.07. The number of allylic oxidation sites excluding steroid dienone is 1. The minimum Gasteiger partial charge on any atom is -0.504 e. The molecule has 0 spiro atoms. The second-order valence-electron chi connectivity index (χ2n) is 6.86. The molecule has 1 aliphatic rings. The van der Waals surface area contributed by atoms with Gasteiger partial charge >= 0.3 is 0 Å². The molecule has 27 heavy (non-hydrogen) atoms. The van der Waals surface area contributed by atoms with Crippen LogP contribution in [0.3, 0.4) is 0 Å². The fraction of sp³-hybridized carbons (Fsp3) is 0.333. The van der Waals surface area contributed by atoms with Crippen LogP contribution in [0.4, 0.5) is 0 Å². The minimum atomic E-state index is -1.47. The number of hydrogen-bond donors (Lipinski definition) is 1. The van der Waals surface area contributed by atoms with Crippen LogP contribution in [0.25, 0.3) is 16.7 Å². The Morgan fingerprint density at radius 3 is 2.48 bits per heavy atom. The number of benzene rings is 1. The molecule has 0 radical (unpaired) electrons. The van der Waals surface area contributed by atoms with Crippen molar-refractivity contribution in [1.82, 2.24) is 4.57 Å². The molecule has 6 heteroatoms. The molecule has 0 saturated carbocycles. The van der Waals surface area contributed by atoms with E-state index in [0.29, 0.717) is 16.6 Å². The number of Topliss-reactive ketones (excluding diaryl/α,β-unsaturated/α-hetero) is 1. The van der Waals surface area contributed by atoms with Crippen LogP contribution < -0.4 is 5.43 Å². The van der Waals surface area contributed by atoms with Crippen molar-refractivity contribution in [2.24, 2.45) is 7.05 Å². The van der Waals surface area contributed by atoms with Gasteiger partial charge in [0.2, 0.25) is 17.0 Å². The first-order valence-electron chi connectivity index (χ1n) is 8.63.